The smallest absolute Gasteiger partial charge is 0.336 e. The molecule has 0 unspecified atom stereocenters. The number of carbonyl (C=O) groups is 1. The van der Waals surface area contributed by atoms with Crippen molar-refractivity contribution < 1.29 is 14.6 Å². The van der Waals surface area contributed by atoms with E-state index in [1.165, 1.54) is 4.57 Å². The van der Waals surface area contributed by atoms with Crippen LogP contribution in [0.2, 0.25) is 0 Å². The molecule has 0 bridgehead atoms. The van der Waals surface area contributed by atoms with Crippen molar-refractivity contribution in [3.05, 3.63) is 130 Å². The Morgan fingerprint density at radius 2 is 1.52 bits per heavy atom. The Morgan fingerprint density at radius 1 is 0.800 bits per heavy atom. The Hall–Kier alpha value is -5.70. The van der Waals surface area contributed by atoms with Gasteiger partial charge in [-0.1, -0.05) is 60.7 Å². The van der Waals surface area contributed by atoms with Gasteiger partial charge in [0.25, 0.3) is 5.56 Å². The van der Waals surface area contributed by atoms with Crippen molar-refractivity contribution in [1.29, 1.82) is 10.8 Å². The molecule has 0 radical (unpaired) electrons. The summed E-state index contributed by atoms with van der Waals surface area (Å²) in [5, 5.41) is 25.6. The van der Waals surface area contributed by atoms with Gasteiger partial charge in [0.15, 0.2) is 0 Å². The summed E-state index contributed by atoms with van der Waals surface area (Å²) < 4.78 is 7.44. The van der Waals surface area contributed by atoms with Gasteiger partial charge >= 0.3 is 5.97 Å². The predicted octanol–water partition coefficient (Wildman–Crippen LogP) is 4.78. The molecule has 7 N–H and O–H groups in total. The maximum absolute atomic E-state index is 13.0. The van der Waals surface area contributed by atoms with Crippen LogP contribution in [0, 0.1) is 10.8 Å². The Kier molecular flexibility index (Phi) is 6.86. The van der Waals surface area contributed by atoms with Crippen LogP contribution in [0.4, 0.5) is 0 Å². The Bertz CT molecular complexity index is 1860. The second-order valence-electron chi connectivity index (χ2n) is 9.17. The molecule has 0 aliphatic rings. The number of nitrogen functional groups attached to an aromatic ring is 2. The van der Waals surface area contributed by atoms with Crippen molar-refractivity contribution >= 4 is 28.5 Å². The zero-order chi connectivity index (χ0) is 28.4. The lowest BCUT2D eigenvalue weighted by molar-refractivity contribution is 0.0698. The van der Waals surface area contributed by atoms with E-state index in [9.17, 15) is 14.7 Å². The first kappa shape index (κ1) is 25.9. The third-order valence-corrected chi connectivity index (χ3v) is 6.52. The summed E-state index contributed by atoms with van der Waals surface area (Å²) in [4.78, 5) is 25.1. The standard InChI is InChI=1S/C31H25N5O4/c32-29(33)20-4-3-5-21(14-20)40-22-12-13-27-25(15-22)26(31(38)39)16-28(37)36(27)17-18-8-10-19(11-9-18)23-6-1-2-7-24(23)30(34)35/h1-16H,17H2,(H3,32,33)(H3,34,35)(H,38,39). The lowest BCUT2D eigenvalue weighted by atomic mass is 9.98. The van der Waals surface area contributed by atoms with Crippen LogP contribution in [0.5, 0.6) is 11.5 Å². The minimum atomic E-state index is -1.22. The van der Waals surface area contributed by atoms with Gasteiger partial charge in [0, 0.05) is 22.6 Å². The number of carboxylic acids is 1. The quantitative estimate of drug-likeness (QED) is 0.143. The fourth-order valence-electron chi connectivity index (χ4n) is 4.57. The molecule has 198 valence electrons. The van der Waals surface area contributed by atoms with Crippen LogP contribution in [-0.2, 0) is 6.54 Å². The molecule has 0 spiro atoms. The van der Waals surface area contributed by atoms with E-state index >= 15 is 0 Å². The van der Waals surface area contributed by atoms with E-state index < -0.39 is 11.5 Å². The number of fused-ring (bicyclic) bond motifs is 1. The SMILES string of the molecule is N=C(N)c1cccc(Oc2ccc3c(c2)c(C(=O)O)cc(=O)n3Cc2ccc(-c3ccccc3C(=N)N)cc2)c1. The highest BCUT2D eigenvalue weighted by atomic mass is 16.5. The molecule has 0 amide bonds. The normalized spacial score (nSPS) is 10.8. The highest BCUT2D eigenvalue weighted by Crippen LogP contribution is 2.29. The number of carboxylic acid groups (broad SMARTS) is 1. The molecule has 0 saturated carbocycles. The van der Waals surface area contributed by atoms with Gasteiger partial charge in [-0.25, -0.2) is 4.79 Å². The Balaban J connectivity index is 1.51. The van der Waals surface area contributed by atoms with E-state index in [-0.39, 0.29) is 23.8 Å². The Morgan fingerprint density at radius 3 is 2.23 bits per heavy atom. The first-order valence-corrected chi connectivity index (χ1v) is 12.3. The van der Waals surface area contributed by atoms with Crippen LogP contribution < -0.4 is 21.8 Å². The van der Waals surface area contributed by atoms with Gasteiger partial charge in [-0.3, -0.25) is 15.6 Å². The van der Waals surface area contributed by atoms with Gasteiger partial charge in [-0.2, -0.15) is 0 Å². The summed E-state index contributed by atoms with van der Waals surface area (Å²) in [5.41, 5.74) is 14.8. The van der Waals surface area contributed by atoms with E-state index in [0.717, 1.165) is 22.8 Å². The summed E-state index contributed by atoms with van der Waals surface area (Å²) in [6, 6.07) is 27.7. The molecule has 0 aliphatic heterocycles. The number of pyridine rings is 1. The molecule has 0 aliphatic carbocycles. The number of aromatic nitrogens is 1. The van der Waals surface area contributed by atoms with E-state index in [1.807, 2.05) is 42.5 Å². The predicted molar refractivity (Wildman–Crippen MR) is 155 cm³/mol. The summed E-state index contributed by atoms with van der Waals surface area (Å²) >= 11 is 0. The van der Waals surface area contributed by atoms with Crippen LogP contribution >= 0.6 is 0 Å². The lowest BCUT2D eigenvalue weighted by Gasteiger charge is -2.15. The number of aromatic carboxylic acids is 1. The summed E-state index contributed by atoms with van der Waals surface area (Å²) in [6.45, 7) is 0.213. The van der Waals surface area contributed by atoms with Crippen molar-refractivity contribution in [3.8, 4) is 22.6 Å². The van der Waals surface area contributed by atoms with Gasteiger partial charge in [-0.15, -0.1) is 0 Å². The van der Waals surface area contributed by atoms with E-state index in [0.29, 0.717) is 33.5 Å². The van der Waals surface area contributed by atoms with Crippen molar-refractivity contribution in [2.45, 2.75) is 6.54 Å². The lowest BCUT2D eigenvalue weighted by Crippen LogP contribution is -2.22. The molecular formula is C31H25N5O4. The third kappa shape index (κ3) is 5.16. The van der Waals surface area contributed by atoms with Crippen molar-refractivity contribution in [1.82, 2.24) is 4.57 Å². The second kappa shape index (κ2) is 10.6. The molecule has 9 nitrogen and oxygen atoms in total. The maximum Gasteiger partial charge on any atom is 0.336 e. The van der Waals surface area contributed by atoms with Gasteiger partial charge in [0.1, 0.15) is 23.2 Å². The summed E-state index contributed by atoms with van der Waals surface area (Å²) in [5.74, 6) is -0.542. The molecule has 5 aromatic rings. The van der Waals surface area contributed by atoms with E-state index in [1.54, 1.807) is 48.5 Å². The second-order valence-corrected chi connectivity index (χ2v) is 9.17. The first-order valence-electron chi connectivity index (χ1n) is 12.3. The number of hydrogen-bond donors (Lipinski definition) is 5. The molecule has 0 saturated heterocycles. The van der Waals surface area contributed by atoms with Crippen LogP contribution in [0.1, 0.15) is 27.0 Å². The molecule has 40 heavy (non-hydrogen) atoms. The van der Waals surface area contributed by atoms with Gasteiger partial charge in [0.05, 0.1) is 17.6 Å². The largest absolute Gasteiger partial charge is 0.478 e. The minimum absolute atomic E-state index is 0.0221. The highest BCUT2D eigenvalue weighted by Gasteiger charge is 2.16. The number of hydrogen-bond acceptors (Lipinski definition) is 5. The van der Waals surface area contributed by atoms with Crippen molar-refractivity contribution in [2.24, 2.45) is 11.5 Å². The zero-order valence-electron chi connectivity index (χ0n) is 21.2. The molecule has 1 aromatic heterocycles. The van der Waals surface area contributed by atoms with E-state index in [2.05, 4.69) is 0 Å². The third-order valence-electron chi connectivity index (χ3n) is 6.52. The summed E-state index contributed by atoms with van der Waals surface area (Å²) in [7, 11) is 0. The highest BCUT2D eigenvalue weighted by molar-refractivity contribution is 6.03. The van der Waals surface area contributed by atoms with Crippen LogP contribution in [0.25, 0.3) is 22.0 Å². The molecule has 0 fully saturated rings. The van der Waals surface area contributed by atoms with Crippen molar-refractivity contribution in [2.75, 3.05) is 0 Å². The van der Waals surface area contributed by atoms with Crippen LogP contribution in [-0.4, -0.2) is 27.3 Å². The first-order chi connectivity index (χ1) is 19.2. The molecule has 0 atom stereocenters. The number of rotatable bonds is 8. The number of nitrogens with zero attached hydrogens (tertiary/aromatic N) is 1. The average Bonchev–Trinajstić information content (AvgIpc) is 2.94. The number of ether oxygens (including phenoxy) is 1. The Labute approximate surface area is 228 Å². The molecular weight excluding hydrogens is 506 g/mol. The molecule has 5 rings (SSSR count). The van der Waals surface area contributed by atoms with Crippen molar-refractivity contribution in [3.63, 3.8) is 0 Å². The summed E-state index contributed by atoms with van der Waals surface area (Å²) in [6.07, 6.45) is 0. The molecule has 4 aromatic carbocycles. The monoisotopic (exact) mass is 531 g/mol. The topological polar surface area (TPSA) is 168 Å². The number of nitrogens with one attached hydrogen (secondary N) is 2. The molecule has 1 heterocycles. The fourth-order valence-corrected chi connectivity index (χ4v) is 4.57. The van der Waals surface area contributed by atoms with Gasteiger partial charge in [0.2, 0.25) is 0 Å². The average molecular weight is 532 g/mol. The number of nitrogens with two attached hydrogens (primary N) is 2. The van der Waals surface area contributed by atoms with Crippen LogP contribution in [0.3, 0.4) is 0 Å². The maximum atomic E-state index is 13.0. The molecule has 9 heteroatoms. The number of benzene rings is 4. The zero-order valence-corrected chi connectivity index (χ0v) is 21.2. The fraction of sp³-hybridized carbons (Fsp3) is 0.0323. The minimum Gasteiger partial charge on any atom is -0.478 e. The van der Waals surface area contributed by atoms with Gasteiger partial charge in [-0.05, 0) is 47.0 Å². The van der Waals surface area contributed by atoms with Crippen LogP contribution in [0.15, 0.2) is 102 Å². The van der Waals surface area contributed by atoms with E-state index in [4.69, 9.17) is 27.0 Å². The van der Waals surface area contributed by atoms with Gasteiger partial charge < -0.3 is 25.9 Å². The number of amidine groups is 2.